The molecular weight excluding hydrogens is 673 g/mol. The number of hydrogen-bond donors (Lipinski definition) is 2. The molecular formula is C38H46N4O8S. The highest BCUT2D eigenvalue weighted by molar-refractivity contribution is 7.88. The first-order valence-corrected chi connectivity index (χ1v) is 18.8. The predicted molar refractivity (Wildman–Crippen MR) is 192 cm³/mol. The number of urea groups is 1. The minimum atomic E-state index is -3.79. The van der Waals surface area contributed by atoms with E-state index < -0.39 is 57.6 Å². The number of carbonyl (C=O) groups is 4. The minimum Gasteiger partial charge on any atom is -0.464 e. The molecule has 3 aromatic carbocycles. The molecule has 1 fully saturated rings. The lowest BCUT2D eigenvalue weighted by Gasteiger charge is -2.37. The Morgan fingerprint density at radius 2 is 1.59 bits per heavy atom. The number of sulfonamides is 1. The van der Waals surface area contributed by atoms with Gasteiger partial charge in [0.15, 0.2) is 6.04 Å². The van der Waals surface area contributed by atoms with E-state index >= 15 is 0 Å². The van der Waals surface area contributed by atoms with Crippen molar-refractivity contribution in [3.8, 4) is 0 Å². The Kier molecular flexibility index (Phi) is 11.8. The third kappa shape index (κ3) is 9.53. The fraction of sp³-hybridized carbons (Fsp3) is 0.421. The van der Waals surface area contributed by atoms with E-state index in [4.69, 9.17) is 9.47 Å². The number of hydrogen-bond acceptors (Lipinski definition) is 8. The van der Waals surface area contributed by atoms with Crippen LogP contribution in [0.25, 0.3) is 0 Å². The van der Waals surface area contributed by atoms with Crippen LogP contribution < -0.4 is 10.6 Å². The van der Waals surface area contributed by atoms with E-state index in [2.05, 4.69) is 10.6 Å². The molecule has 1 unspecified atom stereocenters. The molecule has 13 heteroatoms. The number of fused-ring (bicyclic) bond motifs is 1. The number of nitrogens with one attached hydrogen (secondary N) is 2. The van der Waals surface area contributed by atoms with Crippen molar-refractivity contribution in [3.63, 3.8) is 0 Å². The summed E-state index contributed by atoms with van der Waals surface area (Å²) in [6.07, 6.45) is 1.51. The summed E-state index contributed by atoms with van der Waals surface area (Å²) in [6.45, 7) is 7.64. The number of carbonyl (C=O) groups excluding carboxylic acids is 4. The molecule has 3 amide bonds. The molecule has 0 bridgehead atoms. The SMILES string of the molecule is CCOC(=O)[C@H](Cc1ccc(NC(=O)N2CCc3ccccc3C2C(=O)OC(C)(C)C)cc1)NC(=O)[C@@H]1CCCN1S(=O)(=O)Cc1ccccc1. The van der Waals surface area contributed by atoms with Crippen LogP contribution in [0, 0.1) is 0 Å². The summed E-state index contributed by atoms with van der Waals surface area (Å²) in [5, 5.41) is 5.62. The highest BCUT2D eigenvalue weighted by Crippen LogP contribution is 2.33. The van der Waals surface area contributed by atoms with Crippen LogP contribution in [0.1, 0.15) is 68.8 Å². The topological polar surface area (TPSA) is 151 Å². The molecule has 2 aliphatic rings. The molecule has 2 heterocycles. The lowest BCUT2D eigenvalue weighted by atomic mass is 9.92. The third-order valence-electron chi connectivity index (χ3n) is 8.76. The van der Waals surface area contributed by atoms with Crippen molar-refractivity contribution in [1.82, 2.24) is 14.5 Å². The first-order chi connectivity index (χ1) is 24.3. The largest absolute Gasteiger partial charge is 0.464 e. The highest BCUT2D eigenvalue weighted by Gasteiger charge is 2.41. The zero-order valence-electron chi connectivity index (χ0n) is 29.5. The van der Waals surface area contributed by atoms with E-state index in [0.717, 1.165) is 11.1 Å². The second-order valence-electron chi connectivity index (χ2n) is 13.7. The van der Waals surface area contributed by atoms with Gasteiger partial charge in [-0.1, -0.05) is 66.7 Å². The molecule has 3 aromatic rings. The summed E-state index contributed by atoms with van der Waals surface area (Å²) in [5.41, 5.74) is 2.73. The molecule has 2 aliphatic heterocycles. The first kappa shape index (κ1) is 37.5. The summed E-state index contributed by atoms with van der Waals surface area (Å²) >= 11 is 0. The summed E-state index contributed by atoms with van der Waals surface area (Å²) in [4.78, 5) is 54.9. The van der Waals surface area contributed by atoms with Gasteiger partial charge in [-0.05, 0) is 81.3 Å². The van der Waals surface area contributed by atoms with Crippen molar-refractivity contribution in [1.29, 1.82) is 0 Å². The van der Waals surface area contributed by atoms with E-state index in [1.54, 1.807) is 82.3 Å². The predicted octanol–water partition coefficient (Wildman–Crippen LogP) is 4.74. The van der Waals surface area contributed by atoms with Crippen LogP contribution in [0.4, 0.5) is 10.5 Å². The Bertz CT molecular complexity index is 1830. The van der Waals surface area contributed by atoms with Crippen LogP contribution in [0.15, 0.2) is 78.9 Å². The molecule has 0 spiro atoms. The average molecular weight is 719 g/mol. The fourth-order valence-corrected chi connectivity index (χ4v) is 8.23. The Hall–Kier alpha value is -4.75. The standard InChI is InChI=1S/C38H46N4O8S/c1-5-49-35(44)31(40-34(43)32-16-11-22-42(32)51(47,48)25-27-12-7-6-8-13-27)24-26-17-19-29(20-18-26)39-37(46)41-23-21-28-14-9-10-15-30(28)33(41)36(45)50-38(2,3)4/h6-10,12-15,17-20,31-33H,5,11,16,21-25H2,1-4H3,(H,39,46)(H,40,43)/t31-,32-,33?/m0/s1. The number of rotatable bonds is 11. The van der Waals surface area contributed by atoms with Crippen molar-refractivity contribution < 1.29 is 37.1 Å². The van der Waals surface area contributed by atoms with Gasteiger partial charge in [-0.3, -0.25) is 4.79 Å². The molecule has 5 rings (SSSR count). The smallest absolute Gasteiger partial charge is 0.334 e. The van der Waals surface area contributed by atoms with Crippen LogP contribution in [-0.2, 0) is 52.5 Å². The van der Waals surface area contributed by atoms with Gasteiger partial charge in [-0.25, -0.2) is 22.8 Å². The van der Waals surface area contributed by atoms with Crippen molar-refractivity contribution in [2.24, 2.45) is 0 Å². The van der Waals surface area contributed by atoms with Gasteiger partial charge in [0.25, 0.3) is 0 Å². The van der Waals surface area contributed by atoms with Gasteiger partial charge in [-0.15, -0.1) is 0 Å². The maximum Gasteiger partial charge on any atom is 0.334 e. The average Bonchev–Trinajstić information content (AvgIpc) is 3.60. The maximum absolute atomic E-state index is 13.6. The monoisotopic (exact) mass is 718 g/mol. The Morgan fingerprint density at radius 3 is 2.27 bits per heavy atom. The van der Waals surface area contributed by atoms with E-state index in [1.165, 1.54) is 9.21 Å². The van der Waals surface area contributed by atoms with Crippen LogP contribution >= 0.6 is 0 Å². The Morgan fingerprint density at radius 1 is 0.902 bits per heavy atom. The van der Waals surface area contributed by atoms with Gasteiger partial charge < -0.3 is 25.0 Å². The molecule has 51 heavy (non-hydrogen) atoms. The van der Waals surface area contributed by atoms with Crippen molar-refractivity contribution >= 4 is 39.6 Å². The van der Waals surface area contributed by atoms with Gasteiger partial charge in [0, 0.05) is 25.2 Å². The van der Waals surface area contributed by atoms with Gasteiger partial charge in [-0.2, -0.15) is 4.31 Å². The minimum absolute atomic E-state index is 0.0753. The summed E-state index contributed by atoms with van der Waals surface area (Å²) in [5.74, 6) is -1.94. The molecule has 0 aromatic heterocycles. The van der Waals surface area contributed by atoms with Crippen molar-refractivity contribution in [2.45, 2.75) is 82.9 Å². The summed E-state index contributed by atoms with van der Waals surface area (Å²) in [6, 6.07) is 19.7. The number of benzene rings is 3. The Balaban J connectivity index is 1.26. The zero-order chi connectivity index (χ0) is 36.8. The zero-order valence-corrected chi connectivity index (χ0v) is 30.3. The van der Waals surface area contributed by atoms with Crippen LogP contribution in [0.3, 0.4) is 0 Å². The van der Waals surface area contributed by atoms with E-state index in [9.17, 15) is 27.6 Å². The van der Waals surface area contributed by atoms with Crippen LogP contribution in [-0.4, -0.2) is 78.9 Å². The maximum atomic E-state index is 13.6. The Labute approximate surface area is 299 Å². The number of anilines is 1. The number of ether oxygens (including phenoxy) is 2. The van der Waals surface area contributed by atoms with Crippen molar-refractivity contribution in [3.05, 3.63) is 101 Å². The van der Waals surface area contributed by atoms with Gasteiger partial charge in [0.1, 0.15) is 17.7 Å². The summed E-state index contributed by atoms with van der Waals surface area (Å²) in [7, 11) is -3.79. The molecule has 1 saturated heterocycles. The molecule has 272 valence electrons. The molecule has 2 N–H and O–H groups in total. The fourth-order valence-electron chi connectivity index (χ4n) is 6.46. The lowest BCUT2D eigenvalue weighted by Crippen LogP contribution is -2.52. The number of esters is 2. The molecule has 12 nitrogen and oxygen atoms in total. The number of amides is 3. The van der Waals surface area contributed by atoms with Crippen LogP contribution in [0.5, 0.6) is 0 Å². The molecule has 0 radical (unpaired) electrons. The van der Waals surface area contributed by atoms with Gasteiger partial charge in [0.05, 0.1) is 12.4 Å². The summed E-state index contributed by atoms with van der Waals surface area (Å²) < 4.78 is 38.8. The van der Waals surface area contributed by atoms with Crippen LogP contribution in [0.2, 0.25) is 0 Å². The second kappa shape index (κ2) is 16.1. The molecule has 3 atom stereocenters. The molecule has 0 saturated carbocycles. The first-order valence-electron chi connectivity index (χ1n) is 17.2. The highest BCUT2D eigenvalue weighted by atomic mass is 32.2. The van der Waals surface area contributed by atoms with E-state index in [0.29, 0.717) is 42.6 Å². The molecule has 0 aliphatic carbocycles. The van der Waals surface area contributed by atoms with E-state index in [-0.39, 0.29) is 25.3 Å². The number of nitrogens with zero attached hydrogens (tertiary/aromatic N) is 2. The second-order valence-corrected chi connectivity index (χ2v) is 15.7. The lowest BCUT2D eigenvalue weighted by molar-refractivity contribution is -0.161. The van der Waals surface area contributed by atoms with Crippen molar-refractivity contribution in [2.75, 3.05) is 25.0 Å². The normalized spacial score (nSPS) is 18.3. The quantitative estimate of drug-likeness (QED) is 0.270. The van der Waals surface area contributed by atoms with Gasteiger partial charge >= 0.3 is 18.0 Å². The van der Waals surface area contributed by atoms with Gasteiger partial charge in [0.2, 0.25) is 15.9 Å². The third-order valence-corrected chi connectivity index (χ3v) is 10.6. The van der Waals surface area contributed by atoms with E-state index in [1.807, 2.05) is 24.3 Å².